The van der Waals surface area contributed by atoms with Gasteiger partial charge >= 0.3 is 0 Å². The molecule has 0 fully saturated rings. The third-order valence-electron chi connectivity index (χ3n) is 2.91. The molecule has 0 atom stereocenters. The van der Waals surface area contributed by atoms with Crippen LogP contribution in [0.4, 0.5) is 11.5 Å². The number of benzene rings is 1. The molecule has 5 nitrogen and oxygen atoms in total. The van der Waals surface area contributed by atoms with Crippen molar-refractivity contribution < 1.29 is 4.79 Å². The Kier molecular flexibility index (Phi) is 4.65. The molecule has 5 heteroatoms. The second-order valence-corrected chi connectivity index (χ2v) is 4.41. The molecule has 0 aliphatic heterocycles. The molecule has 1 N–H and O–H groups in total. The molecular formula is C15H18N4O. The zero-order valence-corrected chi connectivity index (χ0v) is 11.7. The number of hydrogen-bond acceptors (Lipinski definition) is 4. The van der Waals surface area contributed by atoms with Crippen LogP contribution in [0.1, 0.15) is 23.8 Å². The smallest absolute Gasteiger partial charge is 0.270 e. The largest absolute Gasteiger partial charge is 0.351 e. The molecule has 0 bridgehead atoms. The highest BCUT2D eigenvalue weighted by molar-refractivity contribution is 5.93. The van der Waals surface area contributed by atoms with Gasteiger partial charge in [0.2, 0.25) is 0 Å². The average Bonchev–Trinajstić information content (AvgIpc) is 2.52. The van der Waals surface area contributed by atoms with Gasteiger partial charge in [-0.2, -0.15) is 0 Å². The highest BCUT2D eigenvalue weighted by Gasteiger charge is 2.11. The molecule has 0 unspecified atom stereocenters. The van der Waals surface area contributed by atoms with E-state index in [4.69, 9.17) is 0 Å². The molecule has 20 heavy (non-hydrogen) atoms. The highest BCUT2D eigenvalue weighted by Crippen LogP contribution is 2.20. The molecule has 1 heterocycles. The summed E-state index contributed by atoms with van der Waals surface area (Å²) < 4.78 is 0. The van der Waals surface area contributed by atoms with Crippen molar-refractivity contribution in [2.75, 3.05) is 18.5 Å². The van der Waals surface area contributed by atoms with Gasteiger partial charge in [-0.3, -0.25) is 4.79 Å². The molecule has 0 spiro atoms. The first kappa shape index (κ1) is 14.0. The maximum absolute atomic E-state index is 11.9. The van der Waals surface area contributed by atoms with E-state index in [2.05, 4.69) is 15.3 Å². The zero-order valence-electron chi connectivity index (χ0n) is 11.7. The molecule has 0 saturated heterocycles. The third kappa shape index (κ3) is 3.32. The first-order valence-corrected chi connectivity index (χ1v) is 6.61. The first-order valence-electron chi connectivity index (χ1n) is 6.61. The average molecular weight is 270 g/mol. The van der Waals surface area contributed by atoms with Crippen molar-refractivity contribution in [2.24, 2.45) is 0 Å². The molecule has 0 radical (unpaired) electrons. The Bertz CT molecular complexity index is 571. The highest BCUT2D eigenvalue weighted by atomic mass is 16.1. The van der Waals surface area contributed by atoms with Gasteiger partial charge in [-0.1, -0.05) is 25.1 Å². The van der Waals surface area contributed by atoms with Crippen LogP contribution >= 0.6 is 0 Å². The van der Waals surface area contributed by atoms with Crippen molar-refractivity contribution in [3.05, 3.63) is 48.4 Å². The molecule has 2 aromatic rings. The number of nitrogens with zero attached hydrogens (tertiary/aromatic N) is 3. The molecule has 0 saturated carbocycles. The second kappa shape index (κ2) is 6.65. The normalized spacial score (nSPS) is 10.1. The number of carbonyl (C=O) groups is 1. The third-order valence-corrected chi connectivity index (χ3v) is 2.91. The van der Waals surface area contributed by atoms with Gasteiger partial charge in [-0.25, -0.2) is 9.97 Å². The van der Waals surface area contributed by atoms with Crippen LogP contribution in [0, 0.1) is 0 Å². The summed E-state index contributed by atoms with van der Waals surface area (Å²) in [7, 11) is 1.91. The Morgan fingerprint density at radius 1 is 1.25 bits per heavy atom. The van der Waals surface area contributed by atoms with Crippen molar-refractivity contribution >= 4 is 17.4 Å². The Morgan fingerprint density at radius 3 is 2.70 bits per heavy atom. The maximum Gasteiger partial charge on any atom is 0.270 e. The van der Waals surface area contributed by atoms with E-state index in [0.717, 1.165) is 12.1 Å². The van der Waals surface area contributed by atoms with E-state index in [1.807, 2.05) is 49.2 Å². The van der Waals surface area contributed by atoms with E-state index < -0.39 is 0 Å². The number of rotatable bonds is 5. The minimum absolute atomic E-state index is 0.169. The van der Waals surface area contributed by atoms with Crippen LogP contribution in [0.25, 0.3) is 0 Å². The van der Waals surface area contributed by atoms with Crippen LogP contribution in [0.5, 0.6) is 0 Å². The van der Waals surface area contributed by atoms with Crippen LogP contribution in [-0.2, 0) is 0 Å². The van der Waals surface area contributed by atoms with Gasteiger partial charge in [-0.05, 0) is 18.6 Å². The first-order chi connectivity index (χ1) is 9.72. The molecule has 0 aliphatic rings. The van der Waals surface area contributed by atoms with Gasteiger partial charge in [0.1, 0.15) is 17.8 Å². The van der Waals surface area contributed by atoms with Crippen molar-refractivity contribution in [3.8, 4) is 0 Å². The molecule has 1 aromatic carbocycles. The number of hydrogen-bond donors (Lipinski definition) is 1. The lowest BCUT2D eigenvalue weighted by molar-refractivity contribution is 0.0948. The summed E-state index contributed by atoms with van der Waals surface area (Å²) in [5, 5.41) is 2.81. The van der Waals surface area contributed by atoms with Crippen LogP contribution in [0.3, 0.4) is 0 Å². The van der Waals surface area contributed by atoms with Crippen molar-refractivity contribution in [1.82, 2.24) is 15.3 Å². The van der Waals surface area contributed by atoms with E-state index in [9.17, 15) is 4.79 Å². The van der Waals surface area contributed by atoms with Gasteiger partial charge in [0.25, 0.3) is 5.91 Å². The summed E-state index contributed by atoms with van der Waals surface area (Å²) in [6.45, 7) is 2.65. The summed E-state index contributed by atoms with van der Waals surface area (Å²) in [5.41, 5.74) is 1.39. The van der Waals surface area contributed by atoms with Crippen molar-refractivity contribution in [3.63, 3.8) is 0 Å². The number of aromatic nitrogens is 2. The second-order valence-electron chi connectivity index (χ2n) is 4.41. The summed E-state index contributed by atoms with van der Waals surface area (Å²) in [6, 6.07) is 11.5. The Labute approximate surface area is 118 Å². The SMILES string of the molecule is CCCNC(=O)c1cc(N(C)c2ccccc2)ncn1. The molecule has 0 aliphatic carbocycles. The van der Waals surface area contributed by atoms with Crippen LogP contribution in [-0.4, -0.2) is 29.5 Å². The number of amides is 1. The van der Waals surface area contributed by atoms with E-state index in [0.29, 0.717) is 18.1 Å². The molecule has 1 aromatic heterocycles. The lowest BCUT2D eigenvalue weighted by atomic mass is 10.3. The fraction of sp³-hybridized carbons (Fsp3) is 0.267. The lowest BCUT2D eigenvalue weighted by Gasteiger charge is -2.18. The fourth-order valence-corrected chi connectivity index (χ4v) is 1.77. The monoisotopic (exact) mass is 270 g/mol. The number of para-hydroxylation sites is 1. The van der Waals surface area contributed by atoms with Crippen molar-refractivity contribution in [1.29, 1.82) is 0 Å². The standard InChI is InChI=1S/C15H18N4O/c1-3-9-16-15(20)13-10-14(18-11-17-13)19(2)12-7-5-4-6-8-12/h4-8,10-11H,3,9H2,1-2H3,(H,16,20). The molecule has 2 rings (SSSR count). The topological polar surface area (TPSA) is 58.1 Å². The zero-order chi connectivity index (χ0) is 14.4. The number of carbonyl (C=O) groups excluding carboxylic acids is 1. The van der Waals surface area contributed by atoms with Gasteiger partial charge in [0, 0.05) is 25.3 Å². The number of nitrogens with one attached hydrogen (secondary N) is 1. The van der Waals surface area contributed by atoms with Crippen LogP contribution in [0.2, 0.25) is 0 Å². The summed E-state index contributed by atoms with van der Waals surface area (Å²) in [4.78, 5) is 22.0. The fourth-order valence-electron chi connectivity index (χ4n) is 1.77. The van der Waals surface area contributed by atoms with Gasteiger partial charge < -0.3 is 10.2 Å². The Balaban J connectivity index is 2.19. The quantitative estimate of drug-likeness (QED) is 0.906. The number of anilines is 2. The minimum atomic E-state index is -0.169. The van der Waals surface area contributed by atoms with Gasteiger partial charge in [-0.15, -0.1) is 0 Å². The summed E-state index contributed by atoms with van der Waals surface area (Å²) in [5.74, 6) is 0.518. The van der Waals surface area contributed by atoms with E-state index >= 15 is 0 Å². The Morgan fingerprint density at radius 2 is 2.00 bits per heavy atom. The van der Waals surface area contributed by atoms with E-state index in [-0.39, 0.29) is 5.91 Å². The van der Waals surface area contributed by atoms with Gasteiger partial charge in [0.15, 0.2) is 0 Å². The predicted octanol–water partition coefficient (Wildman–Crippen LogP) is 2.38. The van der Waals surface area contributed by atoms with Crippen LogP contribution in [0.15, 0.2) is 42.7 Å². The van der Waals surface area contributed by atoms with Crippen molar-refractivity contribution in [2.45, 2.75) is 13.3 Å². The lowest BCUT2D eigenvalue weighted by Crippen LogP contribution is -2.25. The summed E-state index contributed by atoms with van der Waals surface area (Å²) in [6.07, 6.45) is 2.31. The Hall–Kier alpha value is -2.43. The minimum Gasteiger partial charge on any atom is -0.351 e. The van der Waals surface area contributed by atoms with E-state index in [1.165, 1.54) is 6.33 Å². The molecule has 104 valence electrons. The molecule has 1 amide bonds. The summed E-state index contributed by atoms with van der Waals surface area (Å²) >= 11 is 0. The molecular weight excluding hydrogens is 252 g/mol. The van der Waals surface area contributed by atoms with Gasteiger partial charge in [0.05, 0.1) is 0 Å². The maximum atomic E-state index is 11.9. The van der Waals surface area contributed by atoms with E-state index in [1.54, 1.807) is 6.07 Å². The predicted molar refractivity (Wildman–Crippen MR) is 79.2 cm³/mol. The van der Waals surface area contributed by atoms with Crippen LogP contribution < -0.4 is 10.2 Å².